The smallest absolute Gasteiger partial charge is 0.201 e. The third-order valence-electron chi connectivity index (χ3n) is 3.30. The van der Waals surface area contributed by atoms with Crippen molar-refractivity contribution in [2.45, 2.75) is 6.54 Å². The first kappa shape index (κ1) is 12.8. The molecule has 0 saturated heterocycles. The van der Waals surface area contributed by atoms with Crippen LogP contribution in [-0.4, -0.2) is 16.7 Å². The Hall–Kier alpha value is -2.20. The number of hydrogen-bond acceptors (Lipinski definition) is 3. The maximum atomic E-state index is 6.27. The summed E-state index contributed by atoms with van der Waals surface area (Å²) >= 11 is 6.27. The summed E-state index contributed by atoms with van der Waals surface area (Å²) in [5.74, 6) is 1.21. The number of anilines is 1. The predicted molar refractivity (Wildman–Crippen MR) is 81.3 cm³/mol. The molecular weight excluding hydrogens is 274 g/mol. The first-order valence-electron chi connectivity index (χ1n) is 6.23. The number of methoxy groups -OCH3 is 1. The van der Waals surface area contributed by atoms with Gasteiger partial charge in [0, 0.05) is 10.6 Å². The van der Waals surface area contributed by atoms with E-state index in [2.05, 4.69) is 4.98 Å². The first-order chi connectivity index (χ1) is 9.70. The predicted octanol–water partition coefficient (Wildman–Crippen LogP) is 3.33. The van der Waals surface area contributed by atoms with Crippen molar-refractivity contribution >= 4 is 28.6 Å². The molecule has 102 valence electrons. The molecule has 0 aliphatic carbocycles. The van der Waals surface area contributed by atoms with E-state index in [0.717, 1.165) is 22.3 Å². The van der Waals surface area contributed by atoms with Crippen LogP contribution in [0.3, 0.4) is 0 Å². The van der Waals surface area contributed by atoms with Gasteiger partial charge < -0.3 is 15.0 Å². The largest absolute Gasteiger partial charge is 0.496 e. The SMILES string of the molecule is COc1cccc(Cl)c1Cn1c(N)nc2ccccc21. The Bertz CT molecular complexity index is 767. The molecule has 0 radical (unpaired) electrons. The van der Waals surface area contributed by atoms with Crippen molar-refractivity contribution in [1.29, 1.82) is 0 Å². The number of nitrogens with zero attached hydrogens (tertiary/aromatic N) is 2. The highest BCUT2D eigenvalue weighted by Crippen LogP contribution is 2.29. The second kappa shape index (κ2) is 5.06. The molecule has 5 heteroatoms. The van der Waals surface area contributed by atoms with Crippen LogP contribution in [0.1, 0.15) is 5.56 Å². The van der Waals surface area contributed by atoms with Crippen LogP contribution >= 0.6 is 11.6 Å². The van der Waals surface area contributed by atoms with Crippen LogP contribution in [0.25, 0.3) is 11.0 Å². The topological polar surface area (TPSA) is 53.1 Å². The Kier molecular flexibility index (Phi) is 3.24. The van der Waals surface area contributed by atoms with Gasteiger partial charge >= 0.3 is 0 Å². The fourth-order valence-electron chi connectivity index (χ4n) is 2.30. The number of para-hydroxylation sites is 2. The normalized spacial score (nSPS) is 10.9. The molecule has 3 rings (SSSR count). The first-order valence-corrected chi connectivity index (χ1v) is 6.60. The number of hydrogen-bond donors (Lipinski definition) is 1. The number of rotatable bonds is 3. The summed E-state index contributed by atoms with van der Waals surface area (Å²) in [4.78, 5) is 4.35. The molecule has 2 aromatic carbocycles. The molecule has 0 aliphatic rings. The van der Waals surface area contributed by atoms with Gasteiger partial charge in [-0.25, -0.2) is 4.98 Å². The highest BCUT2D eigenvalue weighted by molar-refractivity contribution is 6.31. The van der Waals surface area contributed by atoms with E-state index in [9.17, 15) is 0 Å². The molecule has 0 fully saturated rings. The van der Waals surface area contributed by atoms with Gasteiger partial charge in [0.05, 0.1) is 24.7 Å². The summed E-state index contributed by atoms with van der Waals surface area (Å²) < 4.78 is 7.30. The summed E-state index contributed by atoms with van der Waals surface area (Å²) in [6, 6.07) is 13.4. The van der Waals surface area contributed by atoms with E-state index in [0.29, 0.717) is 17.5 Å². The highest BCUT2D eigenvalue weighted by atomic mass is 35.5. The standard InChI is InChI=1S/C15H14ClN3O/c1-20-14-8-4-5-11(16)10(14)9-19-13-7-3-2-6-12(13)18-15(19)17/h2-8H,9H2,1H3,(H2,17,18). The molecule has 4 nitrogen and oxygen atoms in total. The van der Waals surface area contributed by atoms with Crippen molar-refractivity contribution in [3.8, 4) is 5.75 Å². The van der Waals surface area contributed by atoms with E-state index in [-0.39, 0.29) is 0 Å². The lowest BCUT2D eigenvalue weighted by Crippen LogP contribution is -2.06. The van der Waals surface area contributed by atoms with Crippen molar-refractivity contribution in [3.63, 3.8) is 0 Å². The van der Waals surface area contributed by atoms with Crippen molar-refractivity contribution in [2.75, 3.05) is 12.8 Å². The monoisotopic (exact) mass is 287 g/mol. The molecule has 0 amide bonds. The quantitative estimate of drug-likeness (QED) is 0.804. The zero-order valence-electron chi connectivity index (χ0n) is 11.0. The molecule has 20 heavy (non-hydrogen) atoms. The molecule has 2 N–H and O–H groups in total. The van der Waals surface area contributed by atoms with E-state index in [1.54, 1.807) is 7.11 Å². The number of halogens is 1. The summed E-state index contributed by atoms with van der Waals surface area (Å²) in [6.45, 7) is 0.523. The minimum atomic E-state index is 0.466. The zero-order chi connectivity index (χ0) is 14.1. The molecule has 0 atom stereocenters. The van der Waals surface area contributed by atoms with Gasteiger partial charge in [0.25, 0.3) is 0 Å². The van der Waals surface area contributed by atoms with E-state index in [1.807, 2.05) is 47.0 Å². The van der Waals surface area contributed by atoms with Crippen LogP contribution in [0.2, 0.25) is 5.02 Å². The molecule has 0 spiro atoms. The van der Waals surface area contributed by atoms with Crippen LogP contribution in [0.4, 0.5) is 5.95 Å². The van der Waals surface area contributed by atoms with Gasteiger partial charge in [-0.2, -0.15) is 0 Å². The molecule has 0 saturated carbocycles. The van der Waals surface area contributed by atoms with Crippen LogP contribution in [0.15, 0.2) is 42.5 Å². The average Bonchev–Trinajstić information content (AvgIpc) is 2.77. The number of ether oxygens (including phenoxy) is 1. The molecule has 1 aromatic heterocycles. The summed E-state index contributed by atoms with van der Waals surface area (Å²) in [6.07, 6.45) is 0. The lowest BCUT2D eigenvalue weighted by Gasteiger charge is -2.12. The van der Waals surface area contributed by atoms with Gasteiger partial charge in [0.15, 0.2) is 0 Å². The van der Waals surface area contributed by atoms with Crippen LogP contribution in [-0.2, 0) is 6.54 Å². The van der Waals surface area contributed by atoms with Crippen LogP contribution in [0.5, 0.6) is 5.75 Å². The zero-order valence-corrected chi connectivity index (χ0v) is 11.8. The van der Waals surface area contributed by atoms with Gasteiger partial charge in [0.1, 0.15) is 5.75 Å². The summed E-state index contributed by atoms with van der Waals surface area (Å²) in [5, 5.41) is 0.654. The lowest BCUT2D eigenvalue weighted by atomic mass is 10.2. The minimum Gasteiger partial charge on any atom is -0.496 e. The Morgan fingerprint density at radius 2 is 2.00 bits per heavy atom. The Morgan fingerprint density at radius 1 is 1.20 bits per heavy atom. The van der Waals surface area contributed by atoms with Gasteiger partial charge in [-0.3, -0.25) is 0 Å². The van der Waals surface area contributed by atoms with Crippen LogP contribution in [0, 0.1) is 0 Å². The molecule has 0 bridgehead atoms. The average molecular weight is 288 g/mol. The minimum absolute atomic E-state index is 0.466. The van der Waals surface area contributed by atoms with Gasteiger partial charge in [0.2, 0.25) is 5.95 Å². The number of nitrogens with two attached hydrogens (primary N) is 1. The molecule has 1 heterocycles. The van der Waals surface area contributed by atoms with Crippen LogP contribution < -0.4 is 10.5 Å². The molecule has 3 aromatic rings. The van der Waals surface area contributed by atoms with Crippen molar-refractivity contribution < 1.29 is 4.74 Å². The molecule has 0 unspecified atom stereocenters. The second-order valence-electron chi connectivity index (χ2n) is 4.47. The Balaban J connectivity index is 2.12. The van der Waals surface area contributed by atoms with E-state index >= 15 is 0 Å². The number of aromatic nitrogens is 2. The Morgan fingerprint density at radius 3 is 2.80 bits per heavy atom. The van der Waals surface area contributed by atoms with Gasteiger partial charge in [-0.1, -0.05) is 29.8 Å². The van der Waals surface area contributed by atoms with Crippen molar-refractivity contribution in [2.24, 2.45) is 0 Å². The summed E-state index contributed by atoms with van der Waals surface area (Å²) in [5.41, 5.74) is 8.76. The maximum absolute atomic E-state index is 6.27. The number of benzene rings is 2. The van der Waals surface area contributed by atoms with Crippen molar-refractivity contribution in [3.05, 3.63) is 53.1 Å². The van der Waals surface area contributed by atoms with E-state index in [4.69, 9.17) is 22.1 Å². The Labute approximate surface area is 121 Å². The molecular formula is C15H14ClN3O. The van der Waals surface area contributed by atoms with Gasteiger partial charge in [-0.15, -0.1) is 0 Å². The van der Waals surface area contributed by atoms with E-state index < -0.39 is 0 Å². The fourth-order valence-corrected chi connectivity index (χ4v) is 2.53. The number of nitrogen functional groups attached to an aromatic ring is 1. The number of imidazole rings is 1. The van der Waals surface area contributed by atoms with Crippen molar-refractivity contribution in [1.82, 2.24) is 9.55 Å². The second-order valence-corrected chi connectivity index (χ2v) is 4.87. The van der Waals surface area contributed by atoms with E-state index in [1.165, 1.54) is 0 Å². The fraction of sp³-hybridized carbons (Fsp3) is 0.133. The third-order valence-corrected chi connectivity index (χ3v) is 3.65. The number of fused-ring (bicyclic) bond motifs is 1. The van der Waals surface area contributed by atoms with Gasteiger partial charge in [-0.05, 0) is 24.3 Å². The molecule has 0 aliphatic heterocycles. The maximum Gasteiger partial charge on any atom is 0.201 e. The summed E-state index contributed by atoms with van der Waals surface area (Å²) in [7, 11) is 1.63. The highest BCUT2D eigenvalue weighted by Gasteiger charge is 2.13. The lowest BCUT2D eigenvalue weighted by molar-refractivity contribution is 0.409. The third kappa shape index (κ3) is 2.08.